The molecule has 0 unspecified atom stereocenters. The van der Waals surface area contributed by atoms with E-state index in [1.807, 2.05) is 24.5 Å². The van der Waals surface area contributed by atoms with E-state index >= 15 is 0 Å². The van der Waals surface area contributed by atoms with Crippen LogP contribution in [0.4, 0.5) is 5.69 Å². The van der Waals surface area contributed by atoms with Crippen molar-refractivity contribution in [3.63, 3.8) is 0 Å². The molecular weight excluding hydrogens is 312 g/mol. The molecule has 1 rings (SSSR count). The first-order chi connectivity index (χ1) is 9.10. The summed E-state index contributed by atoms with van der Waals surface area (Å²) in [6.07, 6.45) is 3.18. The van der Waals surface area contributed by atoms with E-state index in [9.17, 15) is 8.42 Å². The minimum absolute atomic E-state index is 0.291. The molecule has 1 aromatic carbocycles. The highest BCUT2D eigenvalue weighted by Gasteiger charge is 2.30. The van der Waals surface area contributed by atoms with E-state index in [1.165, 1.54) is 6.26 Å². The van der Waals surface area contributed by atoms with Crippen molar-refractivity contribution >= 4 is 44.5 Å². The zero-order valence-corrected chi connectivity index (χ0v) is 14.5. The zero-order chi connectivity index (χ0) is 15.6. The number of sulfone groups is 1. The summed E-state index contributed by atoms with van der Waals surface area (Å²) in [5.41, 5.74) is 7.30. The van der Waals surface area contributed by atoms with Crippen molar-refractivity contribution in [2.75, 3.05) is 24.4 Å². The molecule has 0 aliphatic carbocycles. The summed E-state index contributed by atoms with van der Waals surface area (Å²) < 4.78 is 22.6. The van der Waals surface area contributed by atoms with Crippen LogP contribution >= 0.6 is 24.0 Å². The molecule has 0 aliphatic rings. The van der Waals surface area contributed by atoms with Gasteiger partial charge in [0.05, 0.1) is 4.75 Å². The number of nitrogens with two attached hydrogens (primary N) is 1. The van der Waals surface area contributed by atoms with Crippen molar-refractivity contribution in [3.05, 3.63) is 23.8 Å². The van der Waals surface area contributed by atoms with Crippen molar-refractivity contribution in [1.82, 2.24) is 0 Å². The molecule has 112 valence electrons. The van der Waals surface area contributed by atoms with Gasteiger partial charge in [0.1, 0.15) is 4.99 Å². The first kappa shape index (κ1) is 17.3. The van der Waals surface area contributed by atoms with Gasteiger partial charge in [-0.1, -0.05) is 18.3 Å². The molecule has 3 N–H and O–H groups in total. The number of benzene rings is 1. The maximum Gasteiger partial charge on any atom is 0.154 e. The number of thioether (sulfide) groups is 1. The van der Waals surface area contributed by atoms with Gasteiger partial charge in [0, 0.05) is 28.9 Å². The average molecular weight is 333 g/mol. The van der Waals surface area contributed by atoms with Crippen LogP contribution < -0.4 is 11.1 Å². The van der Waals surface area contributed by atoms with Crippen LogP contribution in [0.25, 0.3) is 0 Å². The van der Waals surface area contributed by atoms with E-state index in [0.717, 1.165) is 16.1 Å². The number of rotatable bonds is 6. The lowest BCUT2D eigenvalue weighted by Crippen LogP contribution is -2.38. The summed E-state index contributed by atoms with van der Waals surface area (Å²) in [6, 6.07) is 5.68. The Morgan fingerprint density at radius 3 is 2.50 bits per heavy atom. The minimum atomic E-state index is -3.15. The van der Waals surface area contributed by atoms with Gasteiger partial charge in [0.25, 0.3) is 0 Å². The summed E-state index contributed by atoms with van der Waals surface area (Å²) in [6.45, 7) is 3.67. The fraction of sp³-hybridized carbons (Fsp3) is 0.462. The molecule has 7 heteroatoms. The summed E-state index contributed by atoms with van der Waals surface area (Å²) in [4.78, 5) is 1.27. The molecule has 0 heterocycles. The molecule has 0 atom stereocenters. The normalized spacial score (nSPS) is 12.2. The Morgan fingerprint density at radius 1 is 1.45 bits per heavy atom. The maximum atomic E-state index is 11.7. The molecule has 4 nitrogen and oxygen atoms in total. The van der Waals surface area contributed by atoms with Gasteiger partial charge < -0.3 is 11.1 Å². The number of anilines is 1. The molecule has 0 saturated heterocycles. The number of thiocarbonyl (C=S) groups is 1. The summed E-state index contributed by atoms with van der Waals surface area (Å²) in [5, 5.41) is 3.16. The first-order valence-electron chi connectivity index (χ1n) is 6.00. The third kappa shape index (κ3) is 3.86. The Balaban J connectivity index is 3.08. The van der Waals surface area contributed by atoms with Gasteiger partial charge in [-0.25, -0.2) is 8.42 Å². The smallest absolute Gasteiger partial charge is 0.154 e. The second kappa shape index (κ2) is 6.32. The lowest BCUT2D eigenvalue weighted by molar-refractivity contribution is 0.560. The van der Waals surface area contributed by atoms with Crippen LogP contribution in [-0.2, 0) is 9.84 Å². The highest BCUT2D eigenvalue weighted by Crippen LogP contribution is 2.28. The molecule has 0 fully saturated rings. The van der Waals surface area contributed by atoms with Crippen molar-refractivity contribution < 1.29 is 8.42 Å². The molecule has 0 spiro atoms. The standard InChI is InChI=1S/C13H20N2O2S3/c1-13(2,20(4,16)17)8-15-9-6-5-7-10(19-3)11(9)12(14)18/h5-7,15H,8H2,1-4H3,(H2,14,18). The van der Waals surface area contributed by atoms with Gasteiger partial charge in [-0.15, -0.1) is 11.8 Å². The molecule has 0 aromatic heterocycles. The Bertz CT molecular complexity index is 610. The lowest BCUT2D eigenvalue weighted by Gasteiger charge is -2.24. The van der Waals surface area contributed by atoms with Crippen LogP contribution in [0.3, 0.4) is 0 Å². The molecule has 0 bridgehead atoms. The number of hydrogen-bond acceptors (Lipinski definition) is 5. The predicted octanol–water partition coefficient (Wildman–Crippen LogP) is 2.28. The van der Waals surface area contributed by atoms with Crippen LogP contribution in [-0.4, -0.2) is 37.2 Å². The monoisotopic (exact) mass is 332 g/mol. The van der Waals surface area contributed by atoms with Crippen LogP contribution in [0.15, 0.2) is 23.1 Å². The van der Waals surface area contributed by atoms with Crippen LogP contribution in [0.5, 0.6) is 0 Å². The van der Waals surface area contributed by atoms with Gasteiger partial charge >= 0.3 is 0 Å². The first-order valence-corrected chi connectivity index (χ1v) is 9.53. The van der Waals surface area contributed by atoms with Crippen molar-refractivity contribution in [2.24, 2.45) is 5.73 Å². The second-order valence-electron chi connectivity index (χ2n) is 5.13. The fourth-order valence-corrected chi connectivity index (χ4v) is 2.80. The maximum absolute atomic E-state index is 11.7. The highest BCUT2D eigenvalue weighted by atomic mass is 32.2. The molecule has 0 amide bonds. The van der Waals surface area contributed by atoms with E-state index < -0.39 is 14.6 Å². The zero-order valence-electron chi connectivity index (χ0n) is 12.1. The third-order valence-corrected chi connectivity index (χ3v) is 6.34. The Kier molecular flexibility index (Phi) is 5.46. The Hall–Kier alpha value is -0.790. The van der Waals surface area contributed by atoms with E-state index in [-0.39, 0.29) is 0 Å². The molecule has 0 radical (unpaired) electrons. The average Bonchev–Trinajstić information content (AvgIpc) is 2.34. The lowest BCUT2D eigenvalue weighted by atomic mass is 10.1. The van der Waals surface area contributed by atoms with E-state index in [2.05, 4.69) is 5.32 Å². The van der Waals surface area contributed by atoms with Gasteiger partial charge in [0.15, 0.2) is 9.84 Å². The van der Waals surface area contributed by atoms with Crippen LogP contribution in [0.2, 0.25) is 0 Å². The molecule has 0 saturated carbocycles. The number of nitrogens with one attached hydrogen (secondary N) is 1. The quantitative estimate of drug-likeness (QED) is 0.615. The molecule has 1 aromatic rings. The van der Waals surface area contributed by atoms with Crippen molar-refractivity contribution in [3.8, 4) is 0 Å². The number of hydrogen-bond donors (Lipinski definition) is 2. The van der Waals surface area contributed by atoms with Gasteiger partial charge in [-0.05, 0) is 32.2 Å². The summed E-state index contributed by atoms with van der Waals surface area (Å²) >= 11 is 6.64. The SMILES string of the molecule is CSc1cccc(NCC(C)(C)S(C)(=O)=O)c1C(N)=S. The topological polar surface area (TPSA) is 72.2 Å². The third-order valence-electron chi connectivity index (χ3n) is 3.20. The highest BCUT2D eigenvalue weighted by molar-refractivity contribution is 7.98. The van der Waals surface area contributed by atoms with E-state index in [1.54, 1.807) is 25.6 Å². The van der Waals surface area contributed by atoms with Crippen molar-refractivity contribution in [1.29, 1.82) is 0 Å². The molecule has 0 aliphatic heterocycles. The Morgan fingerprint density at radius 2 is 2.05 bits per heavy atom. The molecular formula is C13H20N2O2S3. The predicted molar refractivity (Wildman–Crippen MR) is 91.5 cm³/mol. The van der Waals surface area contributed by atoms with E-state index in [4.69, 9.17) is 18.0 Å². The second-order valence-corrected chi connectivity index (χ2v) is 9.07. The Labute approximate surface area is 130 Å². The van der Waals surface area contributed by atoms with Gasteiger partial charge in [-0.3, -0.25) is 0 Å². The minimum Gasteiger partial charge on any atom is -0.389 e. The largest absolute Gasteiger partial charge is 0.389 e. The summed E-state index contributed by atoms with van der Waals surface area (Å²) in [7, 11) is -3.15. The van der Waals surface area contributed by atoms with Crippen LogP contribution in [0.1, 0.15) is 19.4 Å². The van der Waals surface area contributed by atoms with Gasteiger partial charge in [0.2, 0.25) is 0 Å². The van der Waals surface area contributed by atoms with Crippen molar-refractivity contribution in [2.45, 2.75) is 23.5 Å². The van der Waals surface area contributed by atoms with Crippen LogP contribution in [0, 0.1) is 0 Å². The fourth-order valence-electron chi connectivity index (χ4n) is 1.54. The van der Waals surface area contributed by atoms with Gasteiger partial charge in [-0.2, -0.15) is 0 Å². The summed E-state index contributed by atoms with van der Waals surface area (Å²) in [5.74, 6) is 0. The van der Waals surface area contributed by atoms with E-state index in [0.29, 0.717) is 11.5 Å². The molecule has 20 heavy (non-hydrogen) atoms.